The first-order chi connectivity index (χ1) is 10.0. The molecule has 0 aromatic carbocycles. The van der Waals surface area contributed by atoms with E-state index in [1.807, 2.05) is 0 Å². The third kappa shape index (κ3) is 3.26. The topological polar surface area (TPSA) is 53.1 Å². The van der Waals surface area contributed by atoms with E-state index in [0.29, 0.717) is 0 Å². The number of alkyl halides is 3. The number of hydrazine groups is 1. The summed E-state index contributed by atoms with van der Waals surface area (Å²) in [5.74, 6) is 1.10. The van der Waals surface area contributed by atoms with E-state index in [-0.39, 0.29) is 18.4 Å². The van der Waals surface area contributed by atoms with Crippen LogP contribution < -0.4 is 15.8 Å². The van der Waals surface area contributed by atoms with E-state index in [2.05, 4.69) is 25.7 Å². The summed E-state index contributed by atoms with van der Waals surface area (Å²) < 4.78 is 38.0. The van der Waals surface area contributed by atoms with Crippen LogP contribution >= 0.6 is 0 Å². The van der Waals surface area contributed by atoms with Crippen molar-refractivity contribution in [1.29, 1.82) is 0 Å². The molecule has 5 nitrogen and oxygen atoms in total. The van der Waals surface area contributed by atoms with Gasteiger partial charge in [-0.2, -0.15) is 13.2 Å². The molecule has 2 atom stereocenters. The van der Waals surface area contributed by atoms with Crippen molar-refractivity contribution in [3.63, 3.8) is 0 Å². The molecule has 0 amide bonds. The molecule has 0 radical (unpaired) electrons. The van der Waals surface area contributed by atoms with Gasteiger partial charge in [-0.25, -0.2) is 10.4 Å². The molecular weight excluding hydrogens is 283 g/mol. The molecule has 8 heteroatoms. The van der Waals surface area contributed by atoms with Crippen LogP contribution in [0, 0.1) is 5.92 Å². The molecule has 0 bridgehead atoms. The zero-order valence-corrected chi connectivity index (χ0v) is 11.5. The van der Waals surface area contributed by atoms with Gasteiger partial charge in [0, 0.05) is 31.5 Å². The predicted molar refractivity (Wildman–Crippen MR) is 71.5 cm³/mol. The van der Waals surface area contributed by atoms with Crippen molar-refractivity contribution in [2.45, 2.75) is 37.5 Å². The normalized spacial score (nSPS) is 28.0. The molecule has 0 spiro atoms. The van der Waals surface area contributed by atoms with E-state index >= 15 is 0 Å². The van der Waals surface area contributed by atoms with Crippen molar-refractivity contribution in [3.05, 3.63) is 18.6 Å². The Bertz CT molecular complexity index is 459. The lowest BCUT2D eigenvalue weighted by Gasteiger charge is -2.35. The third-order valence-corrected chi connectivity index (χ3v) is 4.31. The highest BCUT2D eigenvalue weighted by Crippen LogP contribution is 2.31. The molecule has 2 unspecified atom stereocenters. The Morgan fingerprint density at radius 3 is 2.48 bits per heavy atom. The molecule has 0 saturated carbocycles. The molecule has 3 rings (SSSR count). The maximum Gasteiger partial charge on any atom is 0.405 e. The number of nitrogens with one attached hydrogen (secondary N) is 2. The fourth-order valence-corrected chi connectivity index (χ4v) is 3.09. The number of hydrogen-bond donors (Lipinski definition) is 2. The van der Waals surface area contributed by atoms with E-state index < -0.39 is 12.2 Å². The minimum absolute atomic E-state index is 0.110. The van der Waals surface area contributed by atoms with Crippen LogP contribution in [0.3, 0.4) is 0 Å². The standard InChI is InChI=1S/C13H18F3N5/c14-13(15,16)11-7-10(19-20-11)9-1-5-21(6-2-9)12-8-17-3-4-18-12/h3-4,8-11,19-20H,1-2,5-7H2. The van der Waals surface area contributed by atoms with E-state index in [9.17, 15) is 13.2 Å². The van der Waals surface area contributed by atoms with Gasteiger partial charge in [0.05, 0.1) is 6.20 Å². The number of piperidine rings is 1. The van der Waals surface area contributed by atoms with Gasteiger partial charge >= 0.3 is 6.18 Å². The van der Waals surface area contributed by atoms with Crippen LogP contribution in [0.1, 0.15) is 19.3 Å². The average molecular weight is 301 g/mol. The van der Waals surface area contributed by atoms with Gasteiger partial charge in [0.25, 0.3) is 0 Å². The minimum atomic E-state index is -4.18. The van der Waals surface area contributed by atoms with Crippen LogP contribution in [0.15, 0.2) is 18.6 Å². The van der Waals surface area contributed by atoms with E-state index in [1.54, 1.807) is 18.6 Å². The monoisotopic (exact) mass is 301 g/mol. The lowest BCUT2D eigenvalue weighted by Crippen LogP contribution is -2.44. The number of halogens is 3. The number of rotatable bonds is 2. The van der Waals surface area contributed by atoms with Crippen molar-refractivity contribution in [2.24, 2.45) is 5.92 Å². The lowest BCUT2D eigenvalue weighted by atomic mass is 9.87. The van der Waals surface area contributed by atoms with Crippen LogP contribution in [0.25, 0.3) is 0 Å². The average Bonchev–Trinajstić information content (AvgIpc) is 2.98. The van der Waals surface area contributed by atoms with E-state index in [0.717, 1.165) is 31.7 Å². The summed E-state index contributed by atoms with van der Waals surface area (Å²) in [6.45, 7) is 1.61. The Hall–Kier alpha value is -1.41. The molecular formula is C13H18F3N5. The van der Waals surface area contributed by atoms with Gasteiger partial charge in [-0.15, -0.1) is 0 Å². The van der Waals surface area contributed by atoms with Crippen LogP contribution in [-0.2, 0) is 0 Å². The van der Waals surface area contributed by atoms with Crippen molar-refractivity contribution >= 4 is 5.82 Å². The van der Waals surface area contributed by atoms with E-state index in [1.165, 1.54) is 0 Å². The molecule has 1 aromatic heterocycles. The van der Waals surface area contributed by atoms with Crippen LogP contribution in [0.2, 0.25) is 0 Å². The second kappa shape index (κ2) is 5.76. The van der Waals surface area contributed by atoms with Crippen molar-refractivity contribution < 1.29 is 13.2 Å². The van der Waals surface area contributed by atoms with Crippen LogP contribution in [0.5, 0.6) is 0 Å². The minimum Gasteiger partial charge on any atom is -0.355 e. The van der Waals surface area contributed by atoms with Gasteiger partial charge in [0.15, 0.2) is 0 Å². The summed E-state index contributed by atoms with van der Waals surface area (Å²) in [7, 11) is 0. The molecule has 1 aromatic rings. The SMILES string of the molecule is FC(F)(F)C1CC(C2CCN(c3cnccn3)CC2)NN1. The summed E-state index contributed by atoms with van der Waals surface area (Å²) in [6.07, 6.45) is 2.65. The molecule has 2 aliphatic rings. The highest BCUT2D eigenvalue weighted by molar-refractivity contribution is 5.35. The summed E-state index contributed by atoms with van der Waals surface area (Å²) in [6, 6.07) is -1.54. The summed E-state index contributed by atoms with van der Waals surface area (Å²) in [5, 5.41) is 0. The molecule has 2 aliphatic heterocycles. The summed E-state index contributed by atoms with van der Waals surface area (Å²) in [5.41, 5.74) is 5.20. The first kappa shape index (κ1) is 14.5. The fraction of sp³-hybridized carbons (Fsp3) is 0.692. The van der Waals surface area contributed by atoms with Gasteiger partial charge in [-0.3, -0.25) is 10.4 Å². The van der Waals surface area contributed by atoms with E-state index in [4.69, 9.17) is 0 Å². The van der Waals surface area contributed by atoms with Gasteiger partial charge in [-0.05, 0) is 25.2 Å². The zero-order chi connectivity index (χ0) is 14.9. The first-order valence-corrected chi connectivity index (χ1v) is 7.13. The molecule has 0 aliphatic carbocycles. The Labute approximate surface area is 120 Å². The van der Waals surface area contributed by atoms with Gasteiger partial charge in [-0.1, -0.05) is 0 Å². The maximum atomic E-state index is 12.7. The Balaban J connectivity index is 1.53. The number of nitrogens with zero attached hydrogens (tertiary/aromatic N) is 3. The highest BCUT2D eigenvalue weighted by atomic mass is 19.4. The predicted octanol–water partition coefficient (Wildman–Crippen LogP) is 1.49. The second-order valence-electron chi connectivity index (χ2n) is 5.61. The highest BCUT2D eigenvalue weighted by Gasteiger charge is 2.46. The zero-order valence-electron chi connectivity index (χ0n) is 11.5. The van der Waals surface area contributed by atoms with Crippen molar-refractivity contribution in [2.75, 3.05) is 18.0 Å². The molecule has 3 heterocycles. The van der Waals surface area contributed by atoms with Gasteiger partial charge in [0.2, 0.25) is 0 Å². The molecule has 21 heavy (non-hydrogen) atoms. The Kier molecular flexibility index (Phi) is 3.99. The number of anilines is 1. The van der Waals surface area contributed by atoms with Crippen molar-refractivity contribution in [3.8, 4) is 0 Å². The quantitative estimate of drug-likeness (QED) is 0.867. The number of hydrogen-bond acceptors (Lipinski definition) is 5. The van der Waals surface area contributed by atoms with Crippen molar-refractivity contribution in [1.82, 2.24) is 20.8 Å². The third-order valence-electron chi connectivity index (χ3n) is 4.31. The smallest absolute Gasteiger partial charge is 0.355 e. The fourth-order valence-electron chi connectivity index (χ4n) is 3.09. The molecule has 2 N–H and O–H groups in total. The van der Waals surface area contributed by atoms with Gasteiger partial charge < -0.3 is 4.90 Å². The van der Waals surface area contributed by atoms with Crippen LogP contribution in [-0.4, -0.2) is 41.3 Å². The second-order valence-corrected chi connectivity index (χ2v) is 5.61. The largest absolute Gasteiger partial charge is 0.405 e. The number of aromatic nitrogens is 2. The first-order valence-electron chi connectivity index (χ1n) is 7.13. The van der Waals surface area contributed by atoms with Gasteiger partial charge in [0.1, 0.15) is 11.9 Å². The lowest BCUT2D eigenvalue weighted by molar-refractivity contribution is -0.153. The summed E-state index contributed by atoms with van der Waals surface area (Å²) >= 11 is 0. The Morgan fingerprint density at radius 2 is 1.90 bits per heavy atom. The maximum absolute atomic E-state index is 12.7. The molecule has 2 saturated heterocycles. The van der Waals surface area contributed by atoms with Crippen LogP contribution in [0.4, 0.5) is 19.0 Å². The Morgan fingerprint density at radius 1 is 1.14 bits per heavy atom. The molecule has 2 fully saturated rings. The molecule has 116 valence electrons. The summed E-state index contributed by atoms with van der Waals surface area (Å²) in [4.78, 5) is 10.4.